The summed E-state index contributed by atoms with van der Waals surface area (Å²) in [7, 11) is 0. The average Bonchev–Trinajstić information content (AvgIpc) is 3.44. The van der Waals surface area contributed by atoms with E-state index >= 15 is 0 Å². The topological polar surface area (TPSA) is 58.6 Å². The molecule has 4 heterocycles. The lowest BCUT2D eigenvalue weighted by atomic mass is 10.2. The van der Waals surface area contributed by atoms with Gasteiger partial charge in [0.25, 0.3) is 5.91 Å². The van der Waals surface area contributed by atoms with Gasteiger partial charge in [0.05, 0.1) is 23.8 Å². The Kier molecular flexibility index (Phi) is 6.89. The van der Waals surface area contributed by atoms with Gasteiger partial charge in [0.2, 0.25) is 0 Å². The lowest BCUT2D eigenvalue weighted by Crippen LogP contribution is -2.39. The summed E-state index contributed by atoms with van der Waals surface area (Å²) in [6, 6.07) is 7.41. The van der Waals surface area contributed by atoms with Gasteiger partial charge in [-0.1, -0.05) is 17.7 Å². The van der Waals surface area contributed by atoms with Crippen LogP contribution >= 0.6 is 34.3 Å². The van der Waals surface area contributed by atoms with Crippen molar-refractivity contribution >= 4 is 45.3 Å². The van der Waals surface area contributed by atoms with Crippen molar-refractivity contribution in [1.82, 2.24) is 14.9 Å². The fourth-order valence-electron chi connectivity index (χ4n) is 3.18. The van der Waals surface area contributed by atoms with Crippen LogP contribution in [0.2, 0.25) is 5.15 Å². The first-order chi connectivity index (χ1) is 14.2. The van der Waals surface area contributed by atoms with Gasteiger partial charge in [-0.25, -0.2) is 9.97 Å². The normalized spacial score (nSPS) is 14.8. The fourth-order valence-corrected chi connectivity index (χ4v) is 4.88. The number of rotatable bonds is 7. The molecule has 6 nitrogen and oxygen atoms in total. The third-order valence-corrected chi connectivity index (χ3v) is 6.61. The first kappa shape index (κ1) is 20.4. The summed E-state index contributed by atoms with van der Waals surface area (Å²) in [6.07, 6.45) is 2.54. The highest BCUT2D eigenvalue weighted by molar-refractivity contribution is 7.14. The summed E-state index contributed by atoms with van der Waals surface area (Å²) in [6.45, 7) is 5.02. The number of halogens is 1. The van der Waals surface area contributed by atoms with Crippen LogP contribution in [0.1, 0.15) is 16.1 Å². The Balaban J connectivity index is 1.51. The van der Waals surface area contributed by atoms with Gasteiger partial charge in [0, 0.05) is 43.3 Å². The van der Waals surface area contributed by atoms with Crippen molar-refractivity contribution < 1.29 is 9.53 Å². The minimum Gasteiger partial charge on any atom is -0.379 e. The number of anilines is 1. The molecule has 0 saturated carbocycles. The second-order valence-corrected chi connectivity index (χ2v) is 8.80. The number of thiazole rings is 1. The molecule has 152 valence electrons. The zero-order valence-electron chi connectivity index (χ0n) is 15.8. The van der Waals surface area contributed by atoms with Crippen LogP contribution in [0.3, 0.4) is 0 Å². The maximum atomic E-state index is 13.1. The van der Waals surface area contributed by atoms with Crippen molar-refractivity contribution in [2.75, 3.05) is 44.3 Å². The van der Waals surface area contributed by atoms with Crippen LogP contribution in [0.15, 0.2) is 41.2 Å². The monoisotopic (exact) mass is 448 g/mol. The number of amides is 1. The minimum absolute atomic E-state index is 0.00404. The van der Waals surface area contributed by atoms with Crippen LogP contribution in [0.5, 0.6) is 0 Å². The Bertz CT molecular complexity index is 942. The number of carbonyl (C=O) groups is 1. The average molecular weight is 449 g/mol. The Morgan fingerprint density at radius 1 is 1.28 bits per heavy atom. The summed E-state index contributed by atoms with van der Waals surface area (Å²) < 4.78 is 5.41. The van der Waals surface area contributed by atoms with Crippen molar-refractivity contribution in [3.63, 3.8) is 0 Å². The second kappa shape index (κ2) is 9.77. The van der Waals surface area contributed by atoms with E-state index in [1.807, 2.05) is 29.0 Å². The zero-order chi connectivity index (χ0) is 20.1. The predicted molar refractivity (Wildman–Crippen MR) is 118 cm³/mol. The number of nitrogens with zero attached hydrogens (tertiary/aromatic N) is 4. The largest absolute Gasteiger partial charge is 0.379 e. The van der Waals surface area contributed by atoms with E-state index in [0.29, 0.717) is 16.8 Å². The van der Waals surface area contributed by atoms with E-state index in [4.69, 9.17) is 21.3 Å². The zero-order valence-corrected chi connectivity index (χ0v) is 18.2. The highest BCUT2D eigenvalue weighted by Crippen LogP contribution is 2.30. The Labute approximate surface area is 182 Å². The lowest BCUT2D eigenvalue weighted by Gasteiger charge is -2.27. The van der Waals surface area contributed by atoms with Gasteiger partial charge in [-0.3, -0.25) is 14.6 Å². The Morgan fingerprint density at radius 2 is 2.14 bits per heavy atom. The number of hydrogen-bond donors (Lipinski definition) is 0. The fraction of sp³-hybridized carbons (Fsp3) is 0.350. The van der Waals surface area contributed by atoms with Crippen molar-refractivity contribution in [3.05, 3.63) is 51.3 Å². The third-order valence-electron chi connectivity index (χ3n) is 4.68. The number of morpholine rings is 1. The molecule has 9 heteroatoms. The molecule has 1 fully saturated rings. The van der Waals surface area contributed by atoms with Crippen LogP contribution in [0.4, 0.5) is 5.13 Å². The molecule has 0 spiro atoms. The molecule has 1 amide bonds. The van der Waals surface area contributed by atoms with Crippen LogP contribution < -0.4 is 4.90 Å². The Hall–Kier alpha value is -1.84. The van der Waals surface area contributed by atoms with E-state index in [1.54, 1.807) is 17.2 Å². The van der Waals surface area contributed by atoms with Crippen LogP contribution in [-0.2, 0) is 4.74 Å². The predicted octanol–water partition coefficient (Wildman–Crippen LogP) is 4.29. The molecule has 3 aromatic rings. The maximum Gasteiger partial charge on any atom is 0.270 e. The van der Waals surface area contributed by atoms with E-state index in [-0.39, 0.29) is 5.91 Å². The number of ether oxygens (including phenoxy) is 1. The summed E-state index contributed by atoms with van der Waals surface area (Å²) in [5.41, 5.74) is 1.69. The molecule has 0 atom stereocenters. The first-order valence-corrected chi connectivity index (χ1v) is 11.6. The molecule has 3 aromatic heterocycles. The molecule has 0 unspecified atom stereocenters. The number of pyridine rings is 1. The van der Waals surface area contributed by atoms with Gasteiger partial charge in [-0.15, -0.1) is 22.7 Å². The molecule has 0 aromatic carbocycles. The van der Waals surface area contributed by atoms with Gasteiger partial charge in [-0.05, 0) is 30.0 Å². The minimum atomic E-state index is -0.00404. The SMILES string of the molecule is O=C(c1cccs1)N(CCCN1CCOCC1)c1nc(-c2ccnc(Cl)c2)cs1. The molecule has 0 N–H and O–H groups in total. The third kappa shape index (κ3) is 5.21. The van der Waals surface area contributed by atoms with Gasteiger partial charge >= 0.3 is 0 Å². The number of carbonyl (C=O) groups excluding carboxylic acids is 1. The van der Waals surface area contributed by atoms with E-state index in [2.05, 4.69) is 9.88 Å². The molecule has 29 heavy (non-hydrogen) atoms. The molecular formula is C20H21ClN4O2S2. The molecule has 0 bridgehead atoms. The summed E-state index contributed by atoms with van der Waals surface area (Å²) in [4.78, 5) is 26.8. The van der Waals surface area contributed by atoms with Crippen LogP contribution in [-0.4, -0.2) is 60.2 Å². The smallest absolute Gasteiger partial charge is 0.270 e. The van der Waals surface area contributed by atoms with Gasteiger partial charge in [0.1, 0.15) is 5.15 Å². The summed E-state index contributed by atoms with van der Waals surface area (Å²) in [5, 5.41) is 5.01. The quantitative estimate of drug-likeness (QED) is 0.504. The van der Waals surface area contributed by atoms with Crippen molar-refractivity contribution in [3.8, 4) is 11.3 Å². The molecular weight excluding hydrogens is 428 g/mol. The summed E-state index contributed by atoms with van der Waals surface area (Å²) >= 11 is 8.94. The van der Waals surface area contributed by atoms with E-state index < -0.39 is 0 Å². The highest BCUT2D eigenvalue weighted by Gasteiger charge is 2.22. The van der Waals surface area contributed by atoms with Gasteiger partial charge < -0.3 is 4.74 Å². The van der Waals surface area contributed by atoms with Gasteiger partial charge in [0.15, 0.2) is 5.13 Å². The molecule has 0 aliphatic carbocycles. The van der Waals surface area contributed by atoms with Crippen molar-refractivity contribution in [2.45, 2.75) is 6.42 Å². The first-order valence-electron chi connectivity index (χ1n) is 9.43. The maximum absolute atomic E-state index is 13.1. The molecule has 1 aliphatic heterocycles. The van der Waals surface area contributed by atoms with Crippen molar-refractivity contribution in [2.24, 2.45) is 0 Å². The van der Waals surface area contributed by atoms with E-state index in [1.165, 1.54) is 22.7 Å². The molecule has 1 aliphatic rings. The van der Waals surface area contributed by atoms with Crippen LogP contribution in [0.25, 0.3) is 11.3 Å². The van der Waals surface area contributed by atoms with Crippen molar-refractivity contribution in [1.29, 1.82) is 0 Å². The van der Waals surface area contributed by atoms with E-state index in [9.17, 15) is 4.79 Å². The lowest BCUT2D eigenvalue weighted by molar-refractivity contribution is 0.0376. The number of aromatic nitrogens is 2. The molecule has 1 saturated heterocycles. The van der Waals surface area contributed by atoms with E-state index in [0.717, 1.165) is 55.4 Å². The number of thiophene rings is 1. The van der Waals surface area contributed by atoms with Crippen LogP contribution in [0, 0.1) is 0 Å². The highest BCUT2D eigenvalue weighted by atomic mass is 35.5. The second-order valence-electron chi connectivity index (χ2n) is 6.62. The Morgan fingerprint density at radius 3 is 2.90 bits per heavy atom. The summed E-state index contributed by atoms with van der Waals surface area (Å²) in [5.74, 6) is -0.00404. The standard InChI is InChI=1S/C20H21ClN4O2S2/c21-18-13-15(4-5-22-18)16-14-29-20(23-16)25(19(26)17-3-1-12-28-17)7-2-6-24-8-10-27-11-9-24/h1,3-5,12-14H,2,6-11H2. The molecule has 0 radical (unpaired) electrons. The number of hydrogen-bond acceptors (Lipinski definition) is 7. The molecule has 4 rings (SSSR count). The van der Waals surface area contributed by atoms with Gasteiger partial charge in [-0.2, -0.15) is 0 Å².